The molecule has 108 valence electrons. The van der Waals surface area contributed by atoms with Crippen LogP contribution in [0.3, 0.4) is 0 Å². The van der Waals surface area contributed by atoms with Gasteiger partial charge in [0.15, 0.2) is 9.84 Å². The van der Waals surface area contributed by atoms with Crippen molar-refractivity contribution < 1.29 is 13.0 Å². The number of amidine groups is 1. The topological polar surface area (TPSA) is 63.2 Å². The number of nitrogens with two attached hydrogens (primary N) is 1. The van der Waals surface area contributed by atoms with Gasteiger partial charge in [-0.1, -0.05) is 17.7 Å². The molecule has 2 unspecified atom stereocenters. The highest BCUT2D eigenvalue weighted by molar-refractivity contribution is 8.15. The van der Waals surface area contributed by atoms with E-state index >= 15 is 0 Å². The molecule has 3 rings (SSSR count). The van der Waals surface area contributed by atoms with Crippen LogP contribution < -0.4 is 5.73 Å². The second-order valence-corrected chi connectivity index (χ2v) is 9.17. The fraction of sp³-hybridized carbons (Fsp3) is 0.500. The molecule has 0 saturated carbocycles. The molecule has 1 fully saturated rings. The molecule has 0 amide bonds. The minimum atomic E-state index is -2.94. The third kappa shape index (κ3) is 2.15. The summed E-state index contributed by atoms with van der Waals surface area (Å²) in [5.41, 5.74) is 10.8. The van der Waals surface area contributed by atoms with Gasteiger partial charge in [-0.3, -0.25) is 5.73 Å². The van der Waals surface area contributed by atoms with Crippen LogP contribution in [-0.2, 0) is 9.84 Å². The van der Waals surface area contributed by atoms with Gasteiger partial charge in [0.25, 0.3) is 0 Å². The van der Waals surface area contributed by atoms with Gasteiger partial charge < -0.3 is 0 Å². The molecule has 2 aliphatic heterocycles. The van der Waals surface area contributed by atoms with Crippen LogP contribution in [0.2, 0.25) is 0 Å². The Labute approximate surface area is 124 Å². The molecule has 0 bridgehead atoms. The third-order valence-electron chi connectivity index (χ3n) is 3.99. The van der Waals surface area contributed by atoms with Crippen LogP contribution >= 0.6 is 11.8 Å². The SMILES string of the molecule is Cc1cc(C)c([N+]2=C(N)SC3CS(=O)(=O)CC32)c(C)c1. The van der Waals surface area contributed by atoms with E-state index in [0.29, 0.717) is 0 Å². The van der Waals surface area contributed by atoms with Crippen molar-refractivity contribution in [3.8, 4) is 0 Å². The number of benzene rings is 1. The smallest absolute Gasteiger partial charge is 0.281 e. The number of fused-ring (bicyclic) bond motifs is 1. The van der Waals surface area contributed by atoms with Gasteiger partial charge in [-0.2, -0.15) is 0 Å². The fourth-order valence-electron chi connectivity index (χ4n) is 3.35. The van der Waals surface area contributed by atoms with Crippen LogP contribution in [0.15, 0.2) is 12.1 Å². The minimum Gasteiger partial charge on any atom is -0.281 e. The zero-order valence-corrected chi connectivity index (χ0v) is 13.5. The summed E-state index contributed by atoms with van der Waals surface area (Å²) in [4.78, 5) is 0. The summed E-state index contributed by atoms with van der Waals surface area (Å²) < 4.78 is 25.8. The quantitative estimate of drug-likeness (QED) is 0.798. The van der Waals surface area contributed by atoms with Gasteiger partial charge in [0.05, 0.1) is 16.8 Å². The number of hydrogen-bond donors (Lipinski definition) is 1. The highest BCUT2D eigenvalue weighted by atomic mass is 32.2. The maximum atomic E-state index is 11.9. The van der Waals surface area contributed by atoms with Crippen LogP contribution in [0, 0.1) is 20.8 Å². The Hall–Kier alpha value is -1.01. The summed E-state index contributed by atoms with van der Waals surface area (Å²) >= 11 is 1.50. The molecular formula is C14H19N2O2S2+. The number of aryl methyl sites for hydroxylation is 3. The number of sulfone groups is 1. The van der Waals surface area contributed by atoms with Gasteiger partial charge in [-0.05, 0) is 43.7 Å². The van der Waals surface area contributed by atoms with E-state index in [2.05, 4.69) is 32.9 Å². The van der Waals surface area contributed by atoms with Crippen molar-refractivity contribution >= 4 is 32.5 Å². The molecule has 0 spiro atoms. The maximum absolute atomic E-state index is 11.9. The number of rotatable bonds is 1. The van der Waals surface area contributed by atoms with Gasteiger partial charge in [-0.15, -0.1) is 0 Å². The largest absolute Gasteiger partial charge is 0.310 e. The summed E-state index contributed by atoms with van der Waals surface area (Å²) in [5, 5.41) is 0.796. The highest BCUT2D eigenvalue weighted by Gasteiger charge is 2.50. The Balaban J connectivity index is 2.13. The van der Waals surface area contributed by atoms with Crippen molar-refractivity contribution in [2.24, 2.45) is 5.73 Å². The molecule has 2 atom stereocenters. The van der Waals surface area contributed by atoms with E-state index in [0.717, 1.165) is 22.0 Å². The molecule has 1 aromatic rings. The molecule has 4 nitrogen and oxygen atoms in total. The standard InChI is InChI=1S/C14H18N2O2S2/c1-8-4-9(2)13(10(3)5-8)16-11-6-20(17,18)7-12(11)19-14(16)15/h4-5,11-12,15H,6-7H2,1-3H3/p+1. The van der Waals surface area contributed by atoms with Crippen molar-refractivity contribution in [1.82, 2.24) is 0 Å². The lowest BCUT2D eigenvalue weighted by atomic mass is 10.0. The molecule has 1 saturated heterocycles. The Bertz CT molecular complexity index is 700. The van der Waals surface area contributed by atoms with E-state index < -0.39 is 9.84 Å². The highest BCUT2D eigenvalue weighted by Crippen LogP contribution is 2.39. The van der Waals surface area contributed by atoms with Crippen molar-refractivity contribution in [3.05, 3.63) is 28.8 Å². The predicted octanol–water partition coefficient (Wildman–Crippen LogP) is 1.48. The minimum absolute atomic E-state index is 0.0230. The first-order valence-corrected chi connectivity index (χ1v) is 9.35. The van der Waals surface area contributed by atoms with Crippen LogP contribution in [-0.4, -0.2) is 41.0 Å². The molecule has 0 aromatic heterocycles. The van der Waals surface area contributed by atoms with Crippen molar-refractivity contribution in [2.45, 2.75) is 32.1 Å². The van der Waals surface area contributed by atoms with Gasteiger partial charge in [0.1, 0.15) is 11.7 Å². The lowest BCUT2D eigenvalue weighted by Crippen LogP contribution is -2.30. The summed E-state index contributed by atoms with van der Waals surface area (Å²) in [6.45, 7) is 6.19. The summed E-state index contributed by atoms with van der Waals surface area (Å²) in [6.07, 6.45) is 0. The van der Waals surface area contributed by atoms with Crippen molar-refractivity contribution in [1.29, 1.82) is 0 Å². The first-order valence-electron chi connectivity index (χ1n) is 6.65. The van der Waals surface area contributed by atoms with E-state index in [1.54, 1.807) is 0 Å². The molecule has 20 heavy (non-hydrogen) atoms. The average molecular weight is 311 g/mol. The van der Waals surface area contributed by atoms with Crippen molar-refractivity contribution in [3.63, 3.8) is 0 Å². The molecule has 0 aliphatic carbocycles. The predicted molar refractivity (Wildman–Crippen MR) is 83.6 cm³/mol. The van der Waals surface area contributed by atoms with Crippen LogP contribution in [0.25, 0.3) is 0 Å². The normalized spacial score (nSPS) is 27.9. The van der Waals surface area contributed by atoms with Gasteiger partial charge in [0.2, 0.25) is 0 Å². The average Bonchev–Trinajstić information content (AvgIpc) is 2.70. The van der Waals surface area contributed by atoms with E-state index in [-0.39, 0.29) is 22.8 Å². The molecule has 2 aliphatic rings. The monoisotopic (exact) mass is 311 g/mol. The lowest BCUT2D eigenvalue weighted by Gasteiger charge is -2.16. The molecular weight excluding hydrogens is 292 g/mol. The van der Waals surface area contributed by atoms with Gasteiger partial charge >= 0.3 is 5.17 Å². The second kappa shape index (κ2) is 4.49. The number of thioether (sulfide) groups is 1. The molecule has 2 heterocycles. The van der Waals surface area contributed by atoms with Crippen molar-refractivity contribution in [2.75, 3.05) is 11.5 Å². The van der Waals surface area contributed by atoms with E-state index in [4.69, 9.17) is 5.73 Å². The van der Waals surface area contributed by atoms with E-state index in [9.17, 15) is 8.42 Å². The van der Waals surface area contributed by atoms with Gasteiger partial charge in [0, 0.05) is 0 Å². The number of nitrogens with zero attached hydrogens (tertiary/aromatic N) is 1. The van der Waals surface area contributed by atoms with Gasteiger partial charge in [-0.25, -0.2) is 13.0 Å². The zero-order chi connectivity index (χ0) is 14.7. The Morgan fingerprint density at radius 1 is 1.20 bits per heavy atom. The van der Waals surface area contributed by atoms with Crippen LogP contribution in [0.5, 0.6) is 0 Å². The maximum Gasteiger partial charge on any atom is 0.310 e. The first kappa shape index (κ1) is 13.9. The Kier molecular flexibility index (Phi) is 3.14. The third-order valence-corrected chi connectivity index (χ3v) is 7.14. The van der Waals surface area contributed by atoms with Crippen LogP contribution in [0.4, 0.5) is 5.69 Å². The molecule has 1 aromatic carbocycles. The number of hydrogen-bond acceptors (Lipinski definition) is 4. The van der Waals surface area contributed by atoms with E-state index in [1.807, 2.05) is 4.58 Å². The summed E-state index contributed by atoms with van der Waals surface area (Å²) in [6, 6.07) is 4.22. The zero-order valence-electron chi connectivity index (χ0n) is 11.9. The van der Waals surface area contributed by atoms with E-state index in [1.165, 1.54) is 17.3 Å². The second-order valence-electron chi connectivity index (χ2n) is 5.76. The molecule has 0 radical (unpaired) electrons. The molecule has 2 N–H and O–H groups in total. The fourth-order valence-corrected chi connectivity index (χ4v) is 7.16. The first-order chi connectivity index (χ1) is 9.28. The Morgan fingerprint density at radius 2 is 1.80 bits per heavy atom. The molecule has 6 heteroatoms. The lowest BCUT2D eigenvalue weighted by molar-refractivity contribution is -0.471. The summed E-state index contributed by atoms with van der Waals surface area (Å²) in [5.74, 6) is 0.446. The Morgan fingerprint density at radius 3 is 2.40 bits per heavy atom. The van der Waals surface area contributed by atoms with Crippen LogP contribution in [0.1, 0.15) is 16.7 Å². The summed E-state index contributed by atoms with van der Waals surface area (Å²) in [7, 11) is -2.94.